The highest BCUT2D eigenvalue weighted by Crippen LogP contribution is 2.33. The minimum absolute atomic E-state index is 0.0385. The number of aryl methyl sites for hydroxylation is 1. The van der Waals surface area contributed by atoms with Crippen molar-refractivity contribution in [1.82, 2.24) is 35.4 Å². The molecule has 2 amide bonds. The van der Waals surface area contributed by atoms with E-state index >= 15 is 0 Å². The summed E-state index contributed by atoms with van der Waals surface area (Å²) in [6, 6.07) is 0.386. The number of hydrogen-bond donors (Lipinski definition) is 7. The zero-order valence-electron chi connectivity index (χ0n) is 24.4. The average Bonchev–Trinajstić information content (AvgIpc) is 3.63. The first-order valence-corrected chi connectivity index (χ1v) is 15.7. The van der Waals surface area contributed by atoms with E-state index in [0.717, 1.165) is 17.8 Å². The van der Waals surface area contributed by atoms with Crippen molar-refractivity contribution in [3.8, 4) is 5.75 Å². The Kier molecular flexibility index (Phi) is 10.7. The Labute approximate surface area is 265 Å². The number of β-lactam (4-membered cyclic amide) rings is 1. The molecule has 3 aromatic heterocycles. The quantitative estimate of drug-likeness (QED) is 0.0528. The monoisotopic (exact) mass is 684 g/mol. The maximum Gasteiger partial charge on any atom is 0.418 e. The smallest absolute Gasteiger partial charge is 0.418 e. The van der Waals surface area contributed by atoms with Gasteiger partial charge in [-0.1, -0.05) is 0 Å². The van der Waals surface area contributed by atoms with E-state index in [1.165, 1.54) is 25.4 Å². The normalized spacial score (nSPS) is 17.2. The lowest BCUT2D eigenvalue weighted by Crippen LogP contribution is -2.76. The van der Waals surface area contributed by atoms with E-state index in [-0.39, 0.29) is 16.6 Å². The molecule has 250 valence electrons. The zero-order chi connectivity index (χ0) is 33.6. The van der Waals surface area contributed by atoms with E-state index in [1.807, 2.05) is 4.57 Å². The first kappa shape index (κ1) is 34.4. The lowest BCUT2D eigenvalue weighted by atomic mass is 9.84. The molecule has 0 spiro atoms. The Morgan fingerprint density at radius 1 is 1.26 bits per heavy atom. The second-order valence-corrected chi connectivity index (χ2v) is 12.1. The minimum Gasteiger partial charge on any atom is -0.489 e. The first-order valence-electron chi connectivity index (χ1n) is 13.4. The fraction of sp³-hybridized carbons (Fsp3) is 0.417. The summed E-state index contributed by atoms with van der Waals surface area (Å²) in [4.78, 5) is 55.5. The number of carbonyl (C=O) groups is 3. The van der Waals surface area contributed by atoms with Crippen molar-refractivity contribution in [1.29, 1.82) is 0 Å². The number of carboxylic acid groups (broad SMARTS) is 1. The second-order valence-electron chi connectivity index (χ2n) is 10.2. The molecule has 1 saturated heterocycles. The molecule has 1 fully saturated rings. The largest absolute Gasteiger partial charge is 0.489 e. The Morgan fingerprint density at radius 2 is 2.02 bits per heavy atom. The molecule has 0 saturated carbocycles. The molecule has 0 aromatic carbocycles. The molecule has 0 aliphatic carbocycles. The summed E-state index contributed by atoms with van der Waals surface area (Å²) in [5.41, 5.74) is 12.3. The molecule has 22 heteroatoms. The number of hydrogen-bond acceptors (Lipinski definition) is 16. The summed E-state index contributed by atoms with van der Waals surface area (Å²) in [5, 5.41) is 17.1. The van der Waals surface area contributed by atoms with Gasteiger partial charge in [0.15, 0.2) is 11.2 Å². The number of nitrogen functional groups attached to an aromatic ring is 1. The van der Waals surface area contributed by atoms with Crippen LogP contribution in [0, 0.1) is 0 Å². The van der Waals surface area contributed by atoms with Gasteiger partial charge >= 0.3 is 16.4 Å². The van der Waals surface area contributed by atoms with Gasteiger partial charge in [0.2, 0.25) is 18.0 Å². The summed E-state index contributed by atoms with van der Waals surface area (Å²) < 4.78 is 42.8. The first-order chi connectivity index (χ1) is 21.7. The van der Waals surface area contributed by atoms with Crippen LogP contribution >= 0.6 is 11.3 Å². The predicted molar refractivity (Wildman–Crippen MR) is 159 cm³/mol. The molecule has 4 heterocycles. The Bertz CT molecular complexity index is 1650. The van der Waals surface area contributed by atoms with E-state index in [4.69, 9.17) is 25.6 Å². The lowest BCUT2D eigenvalue weighted by molar-refractivity contribution is -0.219. The standard InChI is InChI=1S/C24H32N10O10S2/c1-24(2)18(20(36)34(24)44-46(39,40)41)31-19(35)17(14-12-45-22(26)29-14)32-43-15(21(37)38)11-42-13-4-5-16(28-10-13)30-23-27-7-9-33(23)8-3-6-25/h4-5,7,9-10,12,15,17-18,32H,3,6,8,11,25H2,1-2H3,(H2,26,29)(H,31,35)(H,37,38)(H,27,28,30)(H,39,40,41). The number of aromatic nitrogens is 4. The van der Waals surface area contributed by atoms with Crippen molar-refractivity contribution in [3.05, 3.63) is 41.8 Å². The maximum absolute atomic E-state index is 13.2. The summed E-state index contributed by atoms with van der Waals surface area (Å²) in [5.74, 6) is -2.07. The minimum atomic E-state index is -5.01. The number of amides is 2. The molecule has 3 atom stereocenters. The van der Waals surface area contributed by atoms with Gasteiger partial charge in [-0.25, -0.2) is 19.7 Å². The highest BCUT2D eigenvalue weighted by molar-refractivity contribution is 7.80. The number of anilines is 3. The summed E-state index contributed by atoms with van der Waals surface area (Å²) >= 11 is 0.988. The van der Waals surface area contributed by atoms with Crippen LogP contribution in [0.3, 0.4) is 0 Å². The number of rotatable bonds is 17. The van der Waals surface area contributed by atoms with Crippen LogP contribution in [0.4, 0.5) is 16.9 Å². The Balaban J connectivity index is 1.37. The van der Waals surface area contributed by atoms with E-state index in [0.29, 0.717) is 29.9 Å². The lowest BCUT2D eigenvalue weighted by Gasteiger charge is -2.50. The average molecular weight is 685 g/mol. The fourth-order valence-electron chi connectivity index (χ4n) is 4.13. The third-order valence-electron chi connectivity index (χ3n) is 6.53. The molecule has 1 aliphatic rings. The van der Waals surface area contributed by atoms with Crippen LogP contribution in [0.5, 0.6) is 5.75 Å². The van der Waals surface area contributed by atoms with Crippen molar-refractivity contribution < 1.29 is 46.3 Å². The van der Waals surface area contributed by atoms with Crippen LogP contribution in [-0.2, 0) is 40.4 Å². The highest BCUT2D eigenvalue weighted by atomic mass is 32.3. The topological polar surface area (TPSA) is 288 Å². The predicted octanol–water partition coefficient (Wildman–Crippen LogP) is -0.656. The van der Waals surface area contributed by atoms with Crippen LogP contribution in [0.25, 0.3) is 0 Å². The summed E-state index contributed by atoms with van der Waals surface area (Å²) in [6.45, 7) is 3.44. The molecule has 3 aromatic rings. The van der Waals surface area contributed by atoms with Gasteiger partial charge in [-0.15, -0.1) is 15.6 Å². The van der Waals surface area contributed by atoms with Gasteiger partial charge in [-0.05, 0) is 38.9 Å². The third-order valence-corrected chi connectivity index (χ3v) is 7.56. The number of thiazole rings is 1. The van der Waals surface area contributed by atoms with E-state index in [1.54, 1.807) is 24.5 Å². The molecule has 0 radical (unpaired) electrons. The maximum atomic E-state index is 13.2. The van der Waals surface area contributed by atoms with Crippen LogP contribution in [-0.4, -0.2) is 91.3 Å². The number of imidazole rings is 1. The number of nitrogens with one attached hydrogen (secondary N) is 3. The molecule has 46 heavy (non-hydrogen) atoms. The SMILES string of the molecule is CC1(C)C(NC(=O)C(NOC(COc2ccc(Nc3nccn3CCCN)nc2)C(=O)O)c2csc(N)n2)C(=O)N1OS(=O)(=O)O. The van der Waals surface area contributed by atoms with Crippen molar-refractivity contribution >= 4 is 56.4 Å². The van der Waals surface area contributed by atoms with Crippen molar-refractivity contribution in [3.63, 3.8) is 0 Å². The fourth-order valence-corrected chi connectivity index (χ4v) is 5.18. The number of nitrogens with two attached hydrogens (primary N) is 2. The van der Waals surface area contributed by atoms with Gasteiger partial charge in [0.05, 0.1) is 17.4 Å². The van der Waals surface area contributed by atoms with Crippen molar-refractivity contribution in [2.75, 3.05) is 24.2 Å². The molecule has 3 unspecified atom stereocenters. The number of hydroxylamine groups is 3. The van der Waals surface area contributed by atoms with Gasteiger partial charge in [-0.2, -0.15) is 19.0 Å². The molecule has 9 N–H and O–H groups in total. The molecule has 20 nitrogen and oxygen atoms in total. The van der Waals surface area contributed by atoms with E-state index < -0.39 is 58.5 Å². The van der Waals surface area contributed by atoms with Crippen LogP contribution in [0.2, 0.25) is 0 Å². The number of carbonyl (C=O) groups excluding carboxylic acids is 2. The molecular weight excluding hydrogens is 652 g/mol. The molecular formula is C24H32N10O10S2. The van der Waals surface area contributed by atoms with E-state index in [2.05, 4.69) is 35.3 Å². The van der Waals surface area contributed by atoms with Gasteiger partial charge in [0.1, 0.15) is 24.2 Å². The van der Waals surface area contributed by atoms with Crippen LogP contribution in [0.1, 0.15) is 32.0 Å². The highest BCUT2D eigenvalue weighted by Gasteiger charge is 2.58. The van der Waals surface area contributed by atoms with Crippen LogP contribution < -0.4 is 32.3 Å². The summed E-state index contributed by atoms with van der Waals surface area (Å²) in [7, 11) is -5.01. The van der Waals surface area contributed by atoms with Gasteiger partial charge < -0.3 is 36.5 Å². The molecule has 4 rings (SSSR count). The number of aliphatic carboxylic acids is 1. The summed E-state index contributed by atoms with van der Waals surface area (Å²) in [6.07, 6.45) is 3.93. The van der Waals surface area contributed by atoms with Crippen molar-refractivity contribution in [2.45, 2.75) is 50.5 Å². The van der Waals surface area contributed by atoms with E-state index in [9.17, 15) is 27.9 Å². The Hall–Kier alpha value is -4.45. The number of carboxylic acids is 1. The van der Waals surface area contributed by atoms with Gasteiger partial charge in [-0.3, -0.25) is 19.0 Å². The van der Waals surface area contributed by atoms with Crippen molar-refractivity contribution in [2.24, 2.45) is 5.73 Å². The Morgan fingerprint density at radius 3 is 2.61 bits per heavy atom. The number of pyridine rings is 1. The zero-order valence-corrected chi connectivity index (χ0v) is 26.0. The van der Waals surface area contributed by atoms with Gasteiger partial charge in [0, 0.05) is 24.3 Å². The van der Waals surface area contributed by atoms with Crippen LogP contribution in [0.15, 0.2) is 36.1 Å². The number of ether oxygens (including phenoxy) is 1. The van der Waals surface area contributed by atoms with Gasteiger partial charge in [0.25, 0.3) is 5.91 Å². The third kappa shape index (κ3) is 8.42. The molecule has 1 aliphatic heterocycles. The number of nitrogens with zero attached hydrogens (tertiary/aromatic N) is 5. The second kappa shape index (κ2) is 14.3. The molecule has 0 bridgehead atoms.